The number of nitrogens with one attached hydrogen (secondary N) is 3. The number of H-pyrrole nitrogens is 2. The Bertz CT molecular complexity index is 1050. The van der Waals surface area contributed by atoms with Crippen LogP contribution in [0, 0.1) is 6.92 Å². The third kappa shape index (κ3) is 3.77. The lowest BCUT2D eigenvalue weighted by atomic mass is 9.91. The summed E-state index contributed by atoms with van der Waals surface area (Å²) in [5.41, 5.74) is 4.30. The minimum absolute atomic E-state index is 0.0144. The first-order valence-corrected chi connectivity index (χ1v) is 9.09. The Morgan fingerprint density at radius 2 is 1.89 bits per heavy atom. The average molecular weight is 358 g/mol. The molecule has 5 heteroatoms. The number of hydrogen-bond acceptors (Lipinski definition) is 2. The minimum Gasteiger partial charge on any atom is -0.361 e. The van der Waals surface area contributed by atoms with Crippen molar-refractivity contribution in [1.29, 1.82) is 0 Å². The number of fused-ring (bicyclic) bond motifs is 1. The van der Waals surface area contributed by atoms with E-state index in [1.165, 1.54) is 16.5 Å². The van der Waals surface area contributed by atoms with E-state index in [0.29, 0.717) is 13.0 Å². The molecule has 1 unspecified atom stereocenters. The summed E-state index contributed by atoms with van der Waals surface area (Å²) in [6.45, 7) is 2.42. The van der Waals surface area contributed by atoms with Gasteiger partial charge in [0.1, 0.15) is 5.82 Å². The molecule has 4 rings (SSSR count). The number of aromatic amines is 2. The third-order valence-electron chi connectivity index (χ3n) is 4.81. The molecule has 0 bridgehead atoms. The van der Waals surface area contributed by atoms with Gasteiger partial charge in [-0.15, -0.1) is 0 Å². The van der Waals surface area contributed by atoms with Crippen molar-refractivity contribution >= 4 is 16.8 Å². The standard InChI is InChI=1S/C22H22N4O/c1-15-23-12-17(26-15)11-22(27)25-13-19(16-7-3-2-4-8-16)20-14-24-21-10-6-5-9-18(20)21/h2-10,12,14,19,24H,11,13H2,1H3,(H,23,26)(H,25,27). The van der Waals surface area contributed by atoms with Crippen LogP contribution in [-0.4, -0.2) is 27.4 Å². The number of benzene rings is 2. The zero-order valence-corrected chi connectivity index (χ0v) is 15.2. The highest BCUT2D eigenvalue weighted by atomic mass is 16.1. The molecule has 3 N–H and O–H groups in total. The zero-order chi connectivity index (χ0) is 18.6. The van der Waals surface area contributed by atoms with Crippen molar-refractivity contribution < 1.29 is 4.79 Å². The molecular weight excluding hydrogens is 336 g/mol. The highest BCUT2D eigenvalue weighted by Crippen LogP contribution is 2.30. The molecule has 0 radical (unpaired) electrons. The molecular formula is C22H22N4O. The van der Waals surface area contributed by atoms with E-state index in [-0.39, 0.29) is 11.8 Å². The van der Waals surface area contributed by atoms with E-state index in [2.05, 4.69) is 44.5 Å². The number of amides is 1. The maximum atomic E-state index is 12.4. The van der Waals surface area contributed by atoms with Crippen LogP contribution in [-0.2, 0) is 11.2 Å². The monoisotopic (exact) mass is 358 g/mol. The Labute approximate surface area is 157 Å². The van der Waals surface area contributed by atoms with E-state index >= 15 is 0 Å². The molecule has 2 heterocycles. The van der Waals surface area contributed by atoms with E-state index in [1.54, 1.807) is 6.20 Å². The van der Waals surface area contributed by atoms with Crippen LogP contribution in [0.25, 0.3) is 10.9 Å². The molecule has 27 heavy (non-hydrogen) atoms. The fourth-order valence-electron chi connectivity index (χ4n) is 3.49. The van der Waals surface area contributed by atoms with Crippen molar-refractivity contribution in [2.75, 3.05) is 6.54 Å². The van der Waals surface area contributed by atoms with Gasteiger partial charge < -0.3 is 15.3 Å². The number of para-hydroxylation sites is 1. The molecule has 1 atom stereocenters. The van der Waals surface area contributed by atoms with Crippen LogP contribution in [0.5, 0.6) is 0 Å². The molecule has 2 aromatic heterocycles. The van der Waals surface area contributed by atoms with E-state index < -0.39 is 0 Å². The molecule has 2 aromatic carbocycles. The Hall–Kier alpha value is -3.34. The van der Waals surface area contributed by atoms with Gasteiger partial charge in [0.05, 0.1) is 6.42 Å². The predicted octanol–water partition coefficient (Wildman–Crippen LogP) is 3.69. The summed E-state index contributed by atoms with van der Waals surface area (Å²) in [4.78, 5) is 23.0. The lowest BCUT2D eigenvalue weighted by molar-refractivity contribution is -0.120. The van der Waals surface area contributed by atoms with Gasteiger partial charge in [0.2, 0.25) is 5.91 Å². The zero-order valence-electron chi connectivity index (χ0n) is 15.2. The second-order valence-corrected chi connectivity index (χ2v) is 6.73. The van der Waals surface area contributed by atoms with Crippen LogP contribution in [0.2, 0.25) is 0 Å². The Balaban J connectivity index is 1.56. The first-order chi connectivity index (χ1) is 13.2. The van der Waals surface area contributed by atoms with Gasteiger partial charge in [-0.05, 0) is 24.1 Å². The molecule has 136 valence electrons. The number of aryl methyl sites for hydroxylation is 1. The van der Waals surface area contributed by atoms with Gasteiger partial charge >= 0.3 is 0 Å². The second-order valence-electron chi connectivity index (χ2n) is 6.73. The van der Waals surface area contributed by atoms with Crippen LogP contribution in [0.15, 0.2) is 67.0 Å². The largest absolute Gasteiger partial charge is 0.361 e. The molecule has 0 aliphatic heterocycles. The molecule has 5 nitrogen and oxygen atoms in total. The highest BCUT2D eigenvalue weighted by Gasteiger charge is 2.19. The Kier molecular flexibility index (Phi) is 4.75. The molecule has 1 amide bonds. The van der Waals surface area contributed by atoms with Gasteiger partial charge in [-0.3, -0.25) is 4.79 Å². The SMILES string of the molecule is Cc1ncc(CC(=O)NCC(c2ccccc2)c2c[nH]c3ccccc23)[nH]1. The summed E-state index contributed by atoms with van der Waals surface area (Å²) in [6, 6.07) is 18.5. The number of hydrogen-bond donors (Lipinski definition) is 3. The van der Waals surface area contributed by atoms with Crippen molar-refractivity contribution in [2.45, 2.75) is 19.3 Å². The van der Waals surface area contributed by atoms with Gasteiger partial charge in [0.25, 0.3) is 0 Å². The number of carbonyl (C=O) groups excluding carboxylic acids is 1. The Morgan fingerprint density at radius 1 is 1.11 bits per heavy atom. The van der Waals surface area contributed by atoms with Gasteiger partial charge in [-0.2, -0.15) is 0 Å². The van der Waals surface area contributed by atoms with E-state index in [4.69, 9.17) is 0 Å². The van der Waals surface area contributed by atoms with Crippen molar-refractivity contribution in [2.24, 2.45) is 0 Å². The van der Waals surface area contributed by atoms with Crippen molar-refractivity contribution in [3.63, 3.8) is 0 Å². The fourth-order valence-corrected chi connectivity index (χ4v) is 3.49. The topological polar surface area (TPSA) is 73.6 Å². The summed E-state index contributed by atoms with van der Waals surface area (Å²) in [5, 5.41) is 4.28. The lowest BCUT2D eigenvalue weighted by Crippen LogP contribution is -2.30. The van der Waals surface area contributed by atoms with Crippen LogP contribution < -0.4 is 5.32 Å². The number of imidazole rings is 1. The van der Waals surface area contributed by atoms with Gasteiger partial charge in [-0.25, -0.2) is 4.98 Å². The smallest absolute Gasteiger partial charge is 0.226 e. The van der Waals surface area contributed by atoms with Gasteiger partial charge in [0, 0.05) is 41.5 Å². The maximum absolute atomic E-state index is 12.4. The van der Waals surface area contributed by atoms with Crippen molar-refractivity contribution in [3.05, 3.63) is 89.6 Å². The van der Waals surface area contributed by atoms with Crippen LogP contribution in [0.4, 0.5) is 0 Å². The average Bonchev–Trinajstić information content (AvgIpc) is 3.29. The van der Waals surface area contributed by atoms with Crippen LogP contribution in [0.1, 0.15) is 28.6 Å². The summed E-state index contributed by atoms with van der Waals surface area (Å²) < 4.78 is 0. The van der Waals surface area contributed by atoms with Crippen molar-refractivity contribution in [3.8, 4) is 0 Å². The third-order valence-corrected chi connectivity index (χ3v) is 4.81. The van der Waals surface area contributed by atoms with E-state index in [9.17, 15) is 4.79 Å². The fraction of sp³-hybridized carbons (Fsp3) is 0.182. The van der Waals surface area contributed by atoms with Gasteiger partial charge in [-0.1, -0.05) is 48.5 Å². The maximum Gasteiger partial charge on any atom is 0.226 e. The lowest BCUT2D eigenvalue weighted by Gasteiger charge is -2.18. The second kappa shape index (κ2) is 7.50. The van der Waals surface area contributed by atoms with E-state index in [1.807, 2.05) is 43.5 Å². The van der Waals surface area contributed by atoms with E-state index in [0.717, 1.165) is 17.0 Å². The summed E-state index contributed by atoms with van der Waals surface area (Å²) in [6.07, 6.45) is 4.06. The number of carbonyl (C=O) groups is 1. The molecule has 0 aliphatic carbocycles. The number of rotatable bonds is 6. The van der Waals surface area contributed by atoms with Crippen molar-refractivity contribution in [1.82, 2.24) is 20.3 Å². The quantitative estimate of drug-likeness (QED) is 0.492. The van der Waals surface area contributed by atoms with Crippen LogP contribution in [0.3, 0.4) is 0 Å². The molecule has 0 saturated heterocycles. The Morgan fingerprint density at radius 3 is 2.67 bits per heavy atom. The molecule has 4 aromatic rings. The van der Waals surface area contributed by atoms with Crippen LogP contribution >= 0.6 is 0 Å². The molecule has 0 fully saturated rings. The first kappa shape index (κ1) is 17.1. The molecule has 0 saturated carbocycles. The minimum atomic E-state index is -0.0144. The summed E-state index contributed by atoms with van der Waals surface area (Å²) >= 11 is 0. The highest BCUT2D eigenvalue weighted by molar-refractivity contribution is 5.84. The molecule has 0 spiro atoms. The summed E-state index contributed by atoms with van der Waals surface area (Å²) in [5.74, 6) is 0.882. The number of nitrogens with zero attached hydrogens (tertiary/aromatic N) is 1. The summed E-state index contributed by atoms with van der Waals surface area (Å²) in [7, 11) is 0. The van der Waals surface area contributed by atoms with Gasteiger partial charge in [0.15, 0.2) is 0 Å². The first-order valence-electron chi connectivity index (χ1n) is 9.09. The normalized spacial score (nSPS) is 12.2. The number of aromatic nitrogens is 3. The predicted molar refractivity (Wildman–Crippen MR) is 107 cm³/mol. The molecule has 0 aliphatic rings.